The van der Waals surface area contributed by atoms with Gasteiger partial charge in [-0.15, -0.1) is 11.3 Å². The van der Waals surface area contributed by atoms with Crippen LogP contribution in [0.3, 0.4) is 0 Å². The summed E-state index contributed by atoms with van der Waals surface area (Å²) in [7, 11) is 0. The van der Waals surface area contributed by atoms with Gasteiger partial charge in [0.05, 0.1) is 23.2 Å². The van der Waals surface area contributed by atoms with Crippen molar-refractivity contribution < 1.29 is 9.52 Å². The van der Waals surface area contributed by atoms with E-state index in [0.29, 0.717) is 17.3 Å². The highest BCUT2D eigenvalue weighted by Crippen LogP contribution is 2.28. The van der Waals surface area contributed by atoms with Gasteiger partial charge in [0.2, 0.25) is 0 Å². The van der Waals surface area contributed by atoms with Crippen molar-refractivity contribution in [3.63, 3.8) is 0 Å². The molecule has 0 aliphatic rings. The van der Waals surface area contributed by atoms with Crippen molar-refractivity contribution in [3.8, 4) is 0 Å². The average molecular weight is 272 g/mol. The van der Waals surface area contributed by atoms with Gasteiger partial charge in [0.25, 0.3) is 0 Å². The van der Waals surface area contributed by atoms with Crippen LogP contribution in [0, 0.1) is 0 Å². The molecule has 2 aromatic rings. The van der Waals surface area contributed by atoms with Crippen LogP contribution >= 0.6 is 22.9 Å². The largest absolute Gasteiger partial charge is 0.468 e. The molecular formula is C12H14ClNO2S. The van der Waals surface area contributed by atoms with E-state index < -0.39 is 6.10 Å². The van der Waals surface area contributed by atoms with E-state index in [1.807, 2.05) is 18.2 Å². The van der Waals surface area contributed by atoms with Crippen LogP contribution in [0.2, 0.25) is 4.34 Å². The molecule has 0 aliphatic heterocycles. The highest BCUT2D eigenvalue weighted by molar-refractivity contribution is 7.16. The molecule has 3 nitrogen and oxygen atoms in total. The summed E-state index contributed by atoms with van der Waals surface area (Å²) >= 11 is 7.23. The van der Waals surface area contributed by atoms with Crippen molar-refractivity contribution in [2.45, 2.75) is 19.1 Å². The minimum Gasteiger partial charge on any atom is -0.468 e. The van der Waals surface area contributed by atoms with E-state index in [9.17, 15) is 5.11 Å². The first-order valence-corrected chi connectivity index (χ1v) is 6.61. The summed E-state index contributed by atoms with van der Waals surface area (Å²) < 4.78 is 5.90. The van der Waals surface area contributed by atoms with E-state index in [1.54, 1.807) is 12.3 Å². The molecule has 1 atom stereocenters. The fraction of sp³-hybridized carbons (Fsp3) is 0.333. The smallest absolute Gasteiger partial charge is 0.117 e. The van der Waals surface area contributed by atoms with Crippen LogP contribution in [0.5, 0.6) is 0 Å². The number of thiophene rings is 1. The van der Waals surface area contributed by atoms with Crippen molar-refractivity contribution in [1.82, 2.24) is 5.32 Å². The molecule has 92 valence electrons. The SMILES string of the molecule is OC(CCNCc1ccco1)c1ccc(Cl)s1. The number of rotatable bonds is 6. The van der Waals surface area contributed by atoms with Crippen LogP contribution in [-0.2, 0) is 6.54 Å². The first-order valence-electron chi connectivity index (χ1n) is 5.42. The zero-order valence-corrected chi connectivity index (χ0v) is 10.8. The van der Waals surface area contributed by atoms with Gasteiger partial charge in [-0.2, -0.15) is 0 Å². The van der Waals surface area contributed by atoms with Crippen molar-refractivity contribution >= 4 is 22.9 Å². The van der Waals surface area contributed by atoms with E-state index in [2.05, 4.69) is 5.32 Å². The molecule has 0 radical (unpaired) electrons. The number of nitrogens with one attached hydrogen (secondary N) is 1. The minimum atomic E-state index is -0.448. The molecule has 1 unspecified atom stereocenters. The Morgan fingerprint density at radius 3 is 2.94 bits per heavy atom. The third-order valence-corrected chi connectivity index (χ3v) is 3.73. The molecular weight excluding hydrogens is 258 g/mol. The lowest BCUT2D eigenvalue weighted by atomic mass is 10.2. The second-order valence-electron chi connectivity index (χ2n) is 3.70. The maximum atomic E-state index is 9.88. The molecule has 0 saturated carbocycles. The lowest BCUT2D eigenvalue weighted by Gasteiger charge is -2.08. The Kier molecular flexibility index (Phi) is 4.62. The fourth-order valence-electron chi connectivity index (χ4n) is 1.51. The second-order valence-corrected chi connectivity index (χ2v) is 5.45. The van der Waals surface area contributed by atoms with Gasteiger partial charge in [-0.05, 0) is 37.2 Å². The predicted octanol–water partition coefficient (Wildman–Crippen LogP) is 3.21. The maximum Gasteiger partial charge on any atom is 0.117 e. The molecule has 0 bridgehead atoms. The molecule has 2 aromatic heterocycles. The van der Waals surface area contributed by atoms with E-state index >= 15 is 0 Å². The van der Waals surface area contributed by atoms with Gasteiger partial charge in [-0.3, -0.25) is 0 Å². The summed E-state index contributed by atoms with van der Waals surface area (Å²) in [4.78, 5) is 0.912. The molecule has 0 amide bonds. The molecule has 2 rings (SSSR count). The van der Waals surface area contributed by atoms with Gasteiger partial charge in [-0.1, -0.05) is 11.6 Å². The topological polar surface area (TPSA) is 45.4 Å². The second kappa shape index (κ2) is 6.21. The summed E-state index contributed by atoms with van der Waals surface area (Å²) in [5.41, 5.74) is 0. The molecule has 2 heterocycles. The molecule has 0 fully saturated rings. The number of hydrogen-bond donors (Lipinski definition) is 2. The van der Waals surface area contributed by atoms with Gasteiger partial charge >= 0.3 is 0 Å². The zero-order valence-electron chi connectivity index (χ0n) is 9.23. The molecule has 2 N–H and O–H groups in total. The molecule has 17 heavy (non-hydrogen) atoms. The molecule has 5 heteroatoms. The van der Waals surface area contributed by atoms with Gasteiger partial charge in [-0.25, -0.2) is 0 Å². The Morgan fingerprint density at radius 2 is 2.29 bits per heavy atom. The predicted molar refractivity (Wildman–Crippen MR) is 69.3 cm³/mol. The van der Waals surface area contributed by atoms with E-state index in [1.165, 1.54) is 11.3 Å². The average Bonchev–Trinajstić information content (AvgIpc) is 2.95. The fourth-order valence-corrected chi connectivity index (χ4v) is 2.59. The van der Waals surface area contributed by atoms with Crippen molar-refractivity contribution in [2.75, 3.05) is 6.54 Å². The highest BCUT2D eigenvalue weighted by Gasteiger charge is 2.09. The standard InChI is InChI=1S/C12H14ClNO2S/c13-12-4-3-11(17-12)10(15)5-6-14-8-9-2-1-7-16-9/h1-4,7,10,14-15H,5-6,8H2. The first-order chi connectivity index (χ1) is 8.25. The number of hydrogen-bond acceptors (Lipinski definition) is 4. The van der Waals surface area contributed by atoms with Crippen LogP contribution < -0.4 is 5.32 Å². The van der Waals surface area contributed by atoms with E-state index in [4.69, 9.17) is 16.0 Å². The Labute approximate surface area is 109 Å². The van der Waals surface area contributed by atoms with E-state index in [0.717, 1.165) is 17.2 Å². The van der Waals surface area contributed by atoms with Gasteiger partial charge in [0.15, 0.2) is 0 Å². The lowest BCUT2D eigenvalue weighted by molar-refractivity contribution is 0.170. The lowest BCUT2D eigenvalue weighted by Crippen LogP contribution is -2.16. The molecule has 0 aromatic carbocycles. The molecule has 0 aliphatic carbocycles. The Balaban J connectivity index is 1.68. The quantitative estimate of drug-likeness (QED) is 0.793. The van der Waals surface area contributed by atoms with Crippen molar-refractivity contribution in [1.29, 1.82) is 0 Å². The third-order valence-electron chi connectivity index (χ3n) is 2.40. The summed E-state index contributed by atoms with van der Waals surface area (Å²) in [5.74, 6) is 0.902. The third kappa shape index (κ3) is 3.85. The number of furan rings is 1. The number of aliphatic hydroxyl groups is 1. The van der Waals surface area contributed by atoms with Crippen LogP contribution in [0.15, 0.2) is 34.9 Å². The summed E-state index contributed by atoms with van der Waals surface area (Å²) in [6, 6.07) is 7.45. The van der Waals surface area contributed by atoms with Gasteiger partial charge in [0, 0.05) is 4.88 Å². The summed E-state index contributed by atoms with van der Waals surface area (Å²) in [6.45, 7) is 1.42. The number of aliphatic hydroxyl groups excluding tert-OH is 1. The summed E-state index contributed by atoms with van der Waals surface area (Å²) in [6.07, 6.45) is 1.87. The van der Waals surface area contributed by atoms with Crippen LogP contribution in [-0.4, -0.2) is 11.7 Å². The summed E-state index contributed by atoms with van der Waals surface area (Å²) in [5, 5.41) is 13.1. The van der Waals surface area contributed by atoms with Crippen LogP contribution in [0.25, 0.3) is 0 Å². The molecule has 0 saturated heterocycles. The van der Waals surface area contributed by atoms with Crippen LogP contribution in [0.1, 0.15) is 23.2 Å². The normalized spacial score (nSPS) is 12.8. The Morgan fingerprint density at radius 1 is 1.41 bits per heavy atom. The van der Waals surface area contributed by atoms with Gasteiger partial charge < -0.3 is 14.8 Å². The van der Waals surface area contributed by atoms with E-state index in [-0.39, 0.29) is 0 Å². The van der Waals surface area contributed by atoms with Crippen molar-refractivity contribution in [2.24, 2.45) is 0 Å². The first kappa shape index (κ1) is 12.6. The zero-order chi connectivity index (χ0) is 12.1. The van der Waals surface area contributed by atoms with Crippen molar-refractivity contribution in [3.05, 3.63) is 45.5 Å². The highest BCUT2D eigenvalue weighted by atomic mass is 35.5. The van der Waals surface area contributed by atoms with Crippen LogP contribution in [0.4, 0.5) is 0 Å². The molecule has 0 spiro atoms. The monoisotopic (exact) mass is 271 g/mol. The minimum absolute atomic E-state index is 0.448. The Bertz CT molecular complexity index is 441. The number of halogens is 1. The maximum absolute atomic E-state index is 9.88. The van der Waals surface area contributed by atoms with Gasteiger partial charge in [0.1, 0.15) is 5.76 Å². The Hall–Kier alpha value is -0.810.